The number of nitrogens with zero attached hydrogens (tertiary/aromatic N) is 4. The van der Waals surface area contributed by atoms with E-state index in [1.54, 1.807) is 0 Å². The van der Waals surface area contributed by atoms with Crippen LogP contribution in [0.4, 0.5) is 19.0 Å². The number of anilines is 1. The van der Waals surface area contributed by atoms with Crippen LogP contribution in [0.5, 0.6) is 0 Å². The summed E-state index contributed by atoms with van der Waals surface area (Å²) in [6.07, 6.45) is -0.612. The van der Waals surface area contributed by atoms with Gasteiger partial charge in [0.05, 0.1) is 0 Å². The first-order valence-corrected chi connectivity index (χ1v) is 6.32. The second-order valence-corrected chi connectivity index (χ2v) is 4.87. The zero-order chi connectivity index (χ0) is 14.3. The molecule has 1 fully saturated rings. The van der Waals surface area contributed by atoms with E-state index >= 15 is 0 Å². The molecule has 0 saturated carbocycles. The van der Waals surface area contributed by atoms with Gasteiger partial charge in [-0.2, -0.15) is 18.3 Å². The molecule has 0 radical (unpaired) electrons. The van der Waals surface area contributed by atoms with Crippen molar-refractivity contribution in [1.29, 1.82) is 0 Å². The summed E-state index contributed by atoms with van der Waals surface area (Å²) in [5.41, 5.74) is -0.529. The van der Waals surface area contributed by atoms with Crippen LogP contribution in [-0.4, -0.2) is 40.8 Å². The molecule has 8 heteroatoms. The van der Waals surface area contributed by atoms with E-state index in [9.17, 15) is 13.2 Å². The second kappa shape index (κ2) is 4.62. The molecule has 0 aromatic carbocycles. The van der Waals surface area contributed by atoms with E-state index < -0.39 is 11.9 Å². The maximum atomic E-state index is 12.7. The SMILES string of the molecule is CN(c1nccn2nc(C(F)(F)F)cc12)C1CCNC1. The number of aromatic nitrogens is 3. The Balaban J connectivity index is 2.04. The highest BCUT2D eigenvalue weighted by atomic mass is 19.4. The minimum absolute atomic E-state index is 0.234. The van der Waals surface area contributed by atoms with Gasteiger partial charge < -0.3 is 10.2 Å². The van der Waals surface area contributed by atoms with Crippen molar-refractivity contribution < 1.29 is 13.2 Å². The van der Waals surface area contributed by atoms with Crippen molar-refractivity contribution in [2.75, 3.05) is 25.0 Å². The van der Waals surface area contributed by atoms with Gasteiger partial charge in [-0.1, -0.05) is 0 Å². The fraction of sp³-hybridized carbons (Fsp3) is 0.500. The fourth-order valence-electron chi connectivity index (χ4n) is 2.46. The summed E-state index contributed by atoms with van der Waals surface area (Å²) in [7, 11) is 1.85. The van der Waals surface area contributed by atoms with Gasteiger partial charge in [0.2, 0.25) is 0 Å². The van der Waals surface area contributed by atoms with Crippen LogP contribution in [0.15, 0.2) is 18.5 Å². The van der Waals surface area contributed by atoms with E-state index in [1.165, 1.54) is 16.9 Å². The minimum atomic E-state index is -4.45. The Kier molecular flexibility index (Phi) is 3.04. The third-order valence-electron chi connectivity index (χ3n) is 3.58. The van der Waals surface area contributed by atoms with E-state index in [2.05, 4.69) is 15.4 Å². The van der Waals surface area contributed by atoms with Crippen LogP contribution >= 0.6 is 0 Å². The molecule has 1 saturated heterocycles. The van der Waals surface area contributed by atoms with Crippen LogP contribution in [0.2, 0.25) is 0 Å². The Morgan fingerprint density at radius 3 is 2.90 bits per heavy atom. The lowest BCUT2D eigenvalue weighted by Crippen LogP contribution is -2.34. The predicted molar refractivity (Wildman–Crippen MR) is 67.7 cm³/mol. The maximum Gasteiger partial charge on any atom is 0.435 e. The highest BCUT2D eigenvalue weighted by Gasteiger charge is 2.35. The zero-order valence-electron chi connectivity index (χ0n) is 10.9. The molecule has 1 unspecified atom stereocenters. The molecular formula is C12H14F3N5. The number of alkyl halides is 3. The number of hydrogen-bond acceptors (Lipinski definition) is 4. The van der Waals surface area contributed by atoms with Crippen molar-refractivity contribution in [3.63, 3.8) is 0 Å². The summed E-state index contributed by atoms with van der Waals surface area (Å²) in [5, 5.41) is 6.79. The van der Waals surface area contributed by atoms with Crippen molar-refractivity contribution >= 4 is 11.3 Å². The van der Waals surface area contributed by atoms with Crippen molar-refractivity contribution in [3.05, 3.63) is 24.2 Å². The zero-order valence-corrected chi connectivity index (χ0v) is 10.9. The predicted octanol–water partition coefficient (Wildman–Crippen LogP) is 1.55. The number of nitrogens with one attached hydrogen (secondary N) is 1. The molecular weight excluding hydrogens is 271 g/mol. The van der Waals surface area contributed by atoms with Crippen LogP contribution in [0, 0.1) is 0 Å². The summed E-state index contributed by atoms with van der Waals surface area (Å²) in [4.78, 5) is 6.13. The van der Waals surface area contributed by atoms with Crippen LogP contribution < -0.4 is 10.2 Å². The number of fused-ring (bicyclic) bond motifs is 1. The smallest absolute Gasteiger partial charge is 0.354 e. The molecule has 0 amide bonds. The molecule has 1 N–H and O–H groups in total. The van der Waals surface area contributed by atoms with Gasteiger partial charge in [0, 0.05) is 38.1 Å². The number of hydrogen-bond donors (Lipinski definition) is 1. The monoisotopic (exact) mass is 285 g/mol. The van der Waals surface area contributed by atoms with Crippen molar-refractivity contribution in [2.24, 2.45) is 0 Å². The largest absolute Gasteiger partial charge is 0.435 e. The molecule has 3 heterocycles. The van der Waals surface area contributed by atoms with Gasteiger partial charge in [0.15, 0.2) is 11.5 Å². The van der Waals surface area contributed by atoms with E-state index in [0.717, 1.165) is 25.6 Å². The molecule has 20 heavy (non-hydrogen) atoms. The molecule has 0 spiro atoms. The quantitative estimate of drug-likeness (QED) is 0.909. The van der Waals surface area contributed by atoms with E-state index in [4.69, 9.17) is 0 Å². The minimum Gasteiger partial charge on any atom is -0.354 e. The third kappa shape index (κ3) is 2.20. The van der Waals surface area contributed by atoms with Gasteiger partial charge in [0.1, 0.15) is 5.52 Å². The highest BCUT2D eigenvalue weighted by Crippen LogP contribution is 2.31. The first-order chi connectivity index (χ1) is 9.47. The van der Waals surface area contributed by atoms with Gasteiger partial charge in [-0.05, 0) is 13.0 Å². The van der Waals surface area contributed by atoms with Gasteiger partial charge in [-0.25, -0.2) is 9.50 Å². The summed E-state index contributed by atoms with van der Waals surface area (Å²) in [6.45, 7) is 1.71. The Hall–Kier alpha value is -1.83. The molecule has 1 atom stereocenters. The molecule has 1 aliphatic heterocycles. The molecule has 2 aromatic rings. The third-order valence-corrected chi connectivity index (χ3v) is 3.58. The fourth-order valence-corrected chi connectivity index (χ4v) is 2.46. The van der Waals surface area contributed by atoms with E-state index in [-0.39, 0.29) is 6.04 Å². The van der Waals surface area contributed by atoms with Crippen molar-refractivity contribution in [3.8, 4) is 0 Å². The van der Waals surface area contributed by atoms with E-state index in [1.807, 2.05) is 11.9 Å². The van der Waals surface area contributed by atoms with Gasteiger partial charge >= 0.3 is 6.18 Å². The molecule has 0 bridgehead atoms. The summed E-state index contributed by atoms with van der Waals surface area (Å²) in [5.74, 6) is 0.518. The lowest BCUT2D eigenvalue weighted by atomic mass is 10.2. The standard InChI is InChI=1S/C12H14F3N5/c1-19(8-2-3-16-7-8)11-9-6-10(12(13,14)15)18-20(9)5-4-17-11/h4-6,8,16H,2-3,7H2,1H3. The second-order valence-electron chi connectivity index (χ2n) is 4.87. The average molecular weight is 285 g/mol. The van der Waals surface area contributed by atoms with Gasteiger partial charge in [0.25, 0.3) is 0 Å². The van der Waals surface area contributed by atoms with Crippen LogP contribution in [-0.2, 0) is 6.18 Å². The Bertz CT molecular complexity index is 615. The molecule has 3 rings (SSSR count). The first kappa shape index (κ1) is 13.2. The Labute approximate surface area is 113 Å². The number of halogens is 3. The first-order valence-electron chi connectivity index (χ1n) is 6.32. The molecule has 108 valence electrons. The molecule has 0 aliphatic carbocycles. The van der Waals surface area contributed by atoms with Gasteiger partial charge in [-0.3, -0.25) is 0 Å². The average Bonchev–Trinajstić information content (AvgIpc) is 3.05. The Morgan fingerprint density at radius 1 is 1.45 bits per heavy atom. The van der Waals surface area contributed by atoms with Crippen LogP contribution in [0.3, 0.4) is 0 Å². The maximum absolute atomic E-state index is 12.7. The number of likely N-dealkylation sites (N-methyl/N-ethyl adjacent to an activating group) is 1. The normalized spacial score (nSPS) is 19.7. The van der Waals surface area contributed by atoms with Crippen LogP contribution in [0.1, 0.15) is 12.1 Å². The summed E-state index contributed by atoms with van der Waals surface area (Å²) in [6, 6.07) is 1.28. The molecule has 2 aromatic heterocycles. The lowest BCUT2D eigenvalue weighted by molar-refractivity contribution is -0.141. The van der Waals surface area contributed by atoms with Crippen molar-refractivity contribution in [1.82, 2.24) is 19.9 Å². The molecule has 5 nitrogen and oxygen atoms in total. The number of rotatable bonds is 2. The molecule has 1 aliphatic rings. The lowest BCUT2D eigenvalue weighted by Gasteiger charge is -2.25. The van der Waals surface area contributed by atoms with E-state index in [0.29, 0.717) is 11.3 Å². The highest BCUT2D eigenvalue weighted by molar-refractivity contribution is 5.69. The van der Waals surface area contributed by atoms with Crippen LogP contribution in [0.25, 0.3) is 5.52 Å². The summed E-state index contributed by atoms with van der Waals surface area (Å²) < 4.78 is 39.4. The Morgan fingerprint density at radius 2 is 2.25 bits per heavy atom. The van der Waals surface area contributed by atoms with Crippen molar-refractivity contribution in [2.45, 2.75) is 18.6 Å². The topological polar surface area (TPSA) is 45.5 Å². The van der Waals surface area contributed by atoms with Gasteiger partial charge in [-0.15, -0.1) is 0 Å². The summed E-state index contributed by atoms with van der Waals surface area (Å²) >= 11 is 0.